The number of hydrogen-bond donors (Lipinski definition) is 2. The second-order valence-corrected chi connectivity index (χ2v) is 11.5. The second kappa shape index (κ2) is 14.1. The van der Waals surface area contributed by atoms with E-state index < -0.39 is 31.8 Å². The highest BCUT2D eigenvalue weighted by Gasteiger charge is 2.47. The summed E-state index contributed by atoms with van der Waals surface area (Å²) in [5, 5.41) is 2.67. The molecule has 232 valence electrons. The molecule has 1 aromatic heterocycles. The maximum Gasteiger partial charge on any atom is 0.694 e. The molecule has 1 aliphatic rings. The molecule has 0 aliphatic carbocycles. The van der Waals surface area contributed by atoms with Gasteiger partial charge in [-0.1, -0.05) is 109 Å². The van der Waals surface area contributed by atoms with E-state index in [-0.39, 0.29) is 24.9 Å². The van der Waals surface area contributed by atoms with Crippen LogP contribution in [0.3, 0.4) is 0 Å². The quantitative estimate of drug-likeness (QED) is 0.156. The first-order valence-electron chi connectivity index (χ1n) is 14.8. The van der Waals surface area contributed by atoms with Gasteiger partial charge in [0, 0.05) is 29.4 Å². The smallest absolute Gasteiger partial charge is 0.349 e. The van der Waals surface area contributed by atoms with Gasteiger partial charge in [-0.05, 0) is 34.9 Å². The van der Waals surface area contributed by atoms with Gasteiger partial charge in [0.15, 0.2) is 6.23 Å². The van der Waals surface area contributed by atoms with E-state index in [9.17, 15) is 19.0 Å². The van der Waals surface area contributed by atoms with Crippen LogP contribution in [0.2, 0.25) is 0 Å². The van der Waals surface area contributed by atoms with Gasteiger partial charge in [-0.25, -0.2) is 4.79 Å². The Morgan fingerprint density at radius 3 is 1.87 bits per heavy atom. The van der Waals surface area contributed by atoms with E-state index in [0.29, 0.717) is 12.1 Å². The lowest BCUT2D eigenvalue weighted by Gasteiger charge is -2.50. The number of nitrogens with one attached hydrogen (secondary N) is 1. The molecule has 2 N–H and O–H groups in total. The molecule has 0 bridgehead atoms. The third-order valence-electron chi connectivity index (χ3n) is 7.99. The predicted molar refractivity (Wildman–Crippen MR) is 173 cm³/mol. The standard InChI is InChI=1S/C35H31N4O6P/c40-33(26-13-5-1-6-14-26)36-31-21-22-39(34(41)37-31)32-24-38(23-30(45-32)25-44-46(42)43)35(27-15-7-2-8-16-27,28-17-9-3-10-18-28)29-19-11-4-12-20-29/h1-22,30,32H,23-25H2,(H-,36,37,40,41,42,43)/p+1/t30-,32+/m0/s1. The lowest BCUT2D eigenvalue weighted by Crippen LogP contribution is -2.58. The normalized spacial score (nSPS) is 17.3. The molecule has 1 saturated heterocycles. The summed E-state index contributed by atoms with van der Waals surface area (Å²) in [6.07, 6.45) is -0.0120. The number of hydrogen-bond acceptors (Lipinski definition) is 7. The molecular formula is C35H32N4O6P+. The Labute approximate surface area is 266 Å². The molecule has 4 aromatic carbocycles. The van der Waals surface area contributed by atoms with Gasteiger partial charge < -0.3 is 10.1 Å². The van der Waals surface area contributed by atoms with E-state index in [0.717, 1.165) is 16.7 Å². The van der Waals surface area contributed by atoms with Gasteiger partial charge in [0.05, 0.1) is 5.54 Å². The fraction of sp³-hybridized carbons (Fsp3) is 0.171. The van der Waals surface area contributed by atoms with E-state index >= 15 is 0 Å². The molecule has 10 nitrogen and oxygen atoms in total. The average molecular weight is 636 g/mol. The summed E-state index contributed by atoms with van der Waals surface area (Å²) in [6.45, 7) is 0.379. The van der Waals surface area contributed by atoms with Crippen molar-refractivity contribution in [3.05, 3.63) is 166 Å². The minimum atomic E-state index is -2.88. The first kappa shape index (κ1) is 31.2. The fourth-order valence-corrected chi connectivity index (χ4v) is 6.34. The number of rotatable bonds is 10. The van der Waals surface area contributed by atoms with Crippen LogP contribution in [0.1, 0.15) is 33.3 Å². The number of aromatic nitrogens is 2. The highest BCUT2D eigenvalue weighted by Crippen LogP contribution is 2.44. The number of benzene rings is 4. The number of amides is 1. The Morgan fingerprint density at radius 2 is 1.37 bits per heavy atom. The monoisotopic (exact) mass is 635 g/mol. The summed E-state index contributed by atoms with van der Waals surface area (Å²) in [6, 6.07) is 40.4. The number of morpholine rings is 1. The van der Waals surface area contributed by atoms with E-state index in [4.69, 9.17) is 9.26 Å². The van der Waals surface area contributed by atoms with Crippen molar-refractivity contribution in [3.63, 3.8) is 0 Å². The number of ether oxygens (including phenoxy) is 1. The van der Waals surface area contributed by atoms with Crippen molar-refractivity contribution in [2.75, 3.05) is 25.0 Å². The van der Waals surface area contributed by atoms with Gasteiger partial charge in [-0.2, -0.15) is 4.98 Å². The summed E-state index contributed by atoms with van der Waals surface area (Å²) >= 11 is 0. The first-order chi connectivity index (χ1) is 22.4. The molecule has 1 amide bonds. The number of anilines is 1. The third-order valence-corrected chi connectivity index (χ3v) is 8.36. The van der Waals surface area contributed by atoms with E-state index in [1.54, 1.807) is 30.3 Å². The molecule has 2 heterocycles. The van der Waals surface area contributed by atoms with Gasteiger partial charge in [0.25, 0.3) is 5.91 Å². The van der Waals surface area contributed by atoms with Gasteiger partial charge in [-0.15, -0.1) is 9.42 Å². The zero-order valence-electron chi connectivity index (χ0n) is 24.8. The molecule has 0 saturated carbocycles. The Balaban J connectivity index is 1.43. The molecule has 11 heteroatoms. The van der Waals surface area contributed by atoms with Crippen LogP contribution in [-0.4, -0.2) is 51.1 Å². The van der Waals surface area contributed by atoms with Gasteiger partial charge in [0.1, 0.15) is 18.5 Å². The van der Waals surface area contributed by atoms with Crippen LogP contribution in [0, 0.1) is 0 Å². The van der Waals surface area contributed by atoms with Gasteiger partial charge in [0.2, 0.25) is 0 Å². The Morgan fingerprint density at radius 1 is 0.848 bits per heavy atom. The second-order valence-electron chi connectivity index (χ2n) is 10.8. The summed E-state index contributed by atoms with van der Waals surface area (Å²) in [5.74, 6) is -0.286. The van der Waals surface area contributed by atoms with E-state index in [1.807, 2.05) is 60.7 Å². The van der Waals surface area contributed by atoms with Crippen LogP contribution in [0.4, 0.5) is 5.82 Å². The van der Waals surface area contributed by atoms with Crippen LogP contribution in [0.15, 0.2) is 138 Å². The number of carbonyl (C=O) groups is 1. The van der Waals surface area contributed by atoms with Crippen LogP contribution >= 0.6 is 8.25 Å². The average Bonchev–Trinajstić information content (AvgIpc) is 3.09. The summed E-state index contributed by atoms with van der Waals surface area (Å²) in [5.41, 5.74) is 1.94. The molecule has 1 fully saturated rings. The molecule has 0 spiro atoms. The minimum Gasteiger partial charge on any atom is -0.349 e. The summed E-state index contributed by atoms with van der Waals surface area (Å²) in [7, 11) is -2.88. The Hall–Kier alpha value is -4.83. The van der Waals surface area contributed by atoms with Crippen molar-refractivity contribution in [1.82, 2.24) is 14.5 Å². The topological polar surface area (TPSA) is 123 Å². The zero-order valence-corrected chi connectivity index (χ0v) is 25.6. The Kier molecular flexibility index (Phi) is 9.54. The van der Waals surface area contributed by atoms with Crippen LogP contribution < -0.4 is 11.0 Å². The molecule has 6 rings (SSSR count). The summed E-state index contributed by atoms with van der Waals surface area (Å²) in [4.78, 5) is 42.0. The number of carbonyl (C=O) groups excluding carboxylic acids is 1. The fourth-order valence-electron chi connectivity index (χ4n) is 6.05. The molecule has 46 heavy (non-hydrogen) atoms. The zero-order chi connectivity index (χ0) is 31.9. The molecule has 1 aliphatic heterocycles. The van der Waals surface area contributed by atoms with Crippen molar-refractivity contribution in [2.24, 2.45) is 0 Å². The SMILES string of the molecule is O=C(Nc1ccn([C@H]2CN(C(c3ccccc3)(c3ccccc3)c3ccccc3)C[C@@H](CO[P+](=O)O)O2)c(=O)n1)c1ccccc1. The van der Waals surface area contributed by atoms with E-state index in [2.05, 4.69) is 51.6 Å². The van der Waals surface area contributed by atoms with Crippen molar-refractivity contribution in [3.8, 4) is 0 Å². The summed E-state index contributed by atoms with van der Waals surface area (Å²) < 4.78 is 24.4. The molecule has 1 unspecified atom stereocenters. The molecular weight excluding hydrogens is 603 g/mol. The van der Waals surface area contributed by atoms with Gasteiger partial charge in [-0.3, -0.25) is 14.3 Å². The highest BCUT2D eigenvalue weighted by molar-refractivity contribution is 7.32. The first-order valence-corrected chi connectivity index (χ1v) is 15.9. The maximum atomic E-state index is 13.5. The predicted octanol–water partition coefficient (Wildman–Crippen LogP) is 5.35. The molecule has 3 atom stereocenters. The largest absolute Gasteiger partial charge is 0.694 e. The van der Waals surface area contributed by atoms with Crippen LogP contribution in [-0.2, 0) is 19.4 Å². The minimum absolute atomic E-state index is 0.104. The third kappa shape index (κ3) is 6.57. The van der Waals surface area contributed by atoms with E-state index in [1.165, 1.54) is 10.8 Å². The highest BCUT2D eigenvalue weighted by atomic mass is 31.1. The van der Waals surface area contributed by atoms with Crippen LogP contribution in [0.25, 0.3) is 0 Å². The number of nitrogens with zero attached hydrogens (tertiary/aromatic N) is 3. The molecule has 0 radical (unpaired) electrons. The van der Waals surface area contributed by atoms with Crippen molar-refractivity contribution in [1.29, 1.82) is 0 Å². The lowest BCUT2D eigenvalue weighted by atomic mass is 9.75. The molecule has 5 aromatic rings. The van der Waals surface area contributed by atoms with Crippen molar-refractivity contribution < 1.29 is 23.5 Å². The maximum absolute atomic E-state index is 13.5. The van der Waals surface area contributed by atoms with Crippen molar-refractivity contribution >= 4 is 20.0 Å². The lowest BCUT2D eigenvalue weighted by molar-refractivity contribution is -0.148. The van der Waals surface area contributed by atoms with Crippen molar-refractivity contribution in [2.45, 2.75) is 17.9 Å². The van der Waals surface area contributed by atoms with Crippen LogP contribution in [0.5, 0.6) is 0 Å². The Bertz CT molecular complexity index is 1740. The van der Waals surface area contributed by atoms with Gasteiger partial charge >= 0.3 is 13.9 Å².